The average molecular weight is 400 g/mol. The van der Waals surface area contributed by atoms with Gasteiger partial charge in [-0.3, -0.25) is 0 Å². The first-order valence-corrected chi connectivity index (χ1v) is 10.5. The molecule has 0 bridgehead atoms. The van der Waals surface area contributed by atoms with Crippen molar-refractivity contribution in [1.29, 1.82) is 0 Å². The van der Waals surface area contributed by atoms with Crippen molar-refractivity contribution in [3.8, 4) is 11.5 Å². The Morgan fingerprint density at radius 1 is 1.31 bits per heavy atom. The molecule has 2 unspecified atom stereocenters. The topological polar surface area (TPSA) is 63.9 Å². The highest BCUT2D eigenvalue weighted by Gasteiger charge is 2.28. The minimum atomic E-state index is 0.403. The first kappa shape index (κ1) is 21.0. The van der Waals surface area contributed by atoms with E-state index in [0.717, 1.165) is 49.1 Å². The number of hydrogen-bond donors (Lipinski definition) is 1. The van der Waals surface area contributed by atoms with Gasteiger partial charge in [-0.15, -0.1) is 0 Å². The number of ether oxygens (including phenoxy) is 2. The van der Waals surface area contributed by atoms with Gasteiger partial charge in [0.2, 0.25) is 0 Å². The Morgan fingerprint density at radius 3 is 2.86 bits per heavy atom. The summed E-state index contributed by atoms with van der Waals surface area (Å²) in [5.41, 5.74) is 1.09. The molecule has 0 spiro atoms. The minimum absolute atomic E-state index is 0.403. The molecule has 7 heteroatoms. The smallest absolute Gasteiger partial charge is 0.194 e. The summed E-state index contributed by atoms with van der Waals surface area (Å²) >= 11 is 0. The van der Waals surface area contributed by atoms with Crippen molar-refractivity contribution in [2.24, 2.45) is 10.9 Å². The largest absolute Gasteiger partial charge is 0.493 e. The lowest BCUT2D eigenvalue weighted by Gasteiger charge is -2.39. The van der Waals surface area contributed by atoms with Crippen molar-refractivity contribution in [1.82, 2.24) is 19.8 Å². The Labute approximate surface area is 173 Å². The molecule has 3 rings (SSSR count). The highest BCUT2D eigenvalue weighted by atomic mass is 16.5. The maximum absolute atomic E-state index is 5.61. The zero-order valence-electron chi connectivity index (χ0n) is 18.0. The molecule has 1 saturated heterocycles. The fraction of sp³-hybridized carbons (Fsp3) is 0.545. The molecule has 1 aliphatic heterocycles. The van der Waals surface area contributed by atoms with Crippen molar-refractivity contribution in [3.05, 3.63) is 42.5 Å². The van der Waals surface area contributed by atoms with E-state index in [2.05, 4.69) is 39.8 Å². The van der Waals surface area contributed by atoms with Crippen LogP contribution < -0.4 is 14.8 Å². The summed E-state index contributed by atoms with van der Waals surface area (Å²) < 4.78 is 13.3. The van der Waals surface area contributed by atoms with E-state index < -0.39 is 0 Å². The van der Waals surface area contributed by atoms with Gasteiger partial charge in [0.15, 0.2) is 17.5 Å². The number of benzene rings is 1. The summed E-state index contributed by atoms with van der Waals surface area (Å²) in [7, 11) is 1.67. The molecule has 2 aromatic rings. The highest BCUT2D eigenvalue weighted by Crippen LogP contribution is 2.29. The Morgan fingerprint density at radius 2 is 2.17 bits per heavy atom. The number of hydrogen-bond acceptors (Lipinski definition) is 4. The molecule has 0 saturated carbocycles. The van der Waals surface area contributed by atoms with E-state index in [9.17, 15) is 0 Å². The number of rotatable bonds is 7. The summed E-state index contributed by atoms with van der Waals surface area (Å²) in [5, 5.41) is 3.46. The summed E-state index contributed by atoms with van der Waals surface area (Å²) in [6.45, 7) is 10.4. The normalized spacial score (nSPS) is 19.9. The molecule has 1 aromatic heterocycles. The van der Waals surface area contributed by atoms with Crippen LogP contribution in [0.2, 0.25) is 0 Å². The van der Waals surface area contributed by atoms with Gasteiger partial charge in [0, 0.05) is 32.0 Å². The van der Waals surface area contributed by atoms with Crippen LogP contribution in [0.1, 0.15) is 38.8 Å². The Kier molecular flexibility index (Phi) is 7.38. The lowest BCUT2D eigenvalue weighted by Crippen LogP contribution is -2.49. The molecule has 29 heavy (non-hydrogen) atoms. The van der Waals surface area contributed by atoms with Gasteiger partial charge in [-0.25, -0.2) is 9.98 Å². The van der Waals surface area contributed by atoms with E-state index in [1.165, 1.54) is 0 Å². The van der Waals surface area contributed by atoms with E-state index in [4.69, 9.17) is 14.5 Å². The lowest BCUT2D eigenvalue weighted by atomic mass is 9.93. The van der Waals surface area contributed by atoms with Gasteiger partial charge >= 0.3 is 0 Å². The number of methoxy groups -OCH3 is 1. The third kappa shape index (κ3) is 5.22. The number of likely N-dealkylation sites (tertiary alicyclic amines) is 1. The van der Waals surface area contributed by atoms with Crippen molar-refractivity contribution >= 4 is 5.96 Å². The molecule has 158 valence electrons. The Bertz CT molecular complexity index is 791. The predicted molar refractivity (Wildman–Crippen MR) is 116 cm³/mol. The quantitative estimate of drug-likeness (QED) is 0.571. The summed E-state index contributed by atoms with van der Waals surface area (Å²) in [5.74, 6) is 3.08. The first-order valence-electron chi connectivity index (χ1n) is 10.5. The van der Waals surface area contributed by atoms with E-state index in [1.807, 2.05) is 37.6 Å². The zero-order chi connectivity index (χ0) is 20.6. The molecule has 1 aromatic carbocycles. The van der Waals surface area contributed by atoms with Crippen LogP contribution in [-0.4, -0.2) is 53.8 Å². The van der Waals surface area contributed by atoms with Crippen molar-refractivity contribution < 1.29 is 9.47 Å². The second-order valence-corrected chi connectivity index (χ2v) is 7.38. The third-order valence-corrected chi connectivity index (χ3v) is 5.40. The van der Waals surface area contributed by atoms with Crippen LogP contribution in [0.25, 0.3) is 0 Å². The number of aliphatic imine (C=N–C) groups is 1. The summed E-state index contributed by atoms with van der Waals surface area (Å²) in [4.78, 5) is 11.5. The van der Waals surface area contributed by atoms with Crippen molar-refractivity contribution in [2.45, 2.75) is 39.8 Å². The van der Waals surface area contributed by atoms with Crippen LogP contribution in [0.5, 0.6) is 11.5 Å². The number of imidazole rings is 1. The third-order valence-electron chi connectivity index (χ3n) is 5.40. The molecule has 0 radical (unpaired) electrons. The van der Waals surface area contributed by atoms with Gasteiger partial charge in [0.1, 0.15) is 0 Å². The van der Waals surface area contributed by atoms with E-state index in [0.29, 0.717) is 25.1 Å². The molecular formula is C22H33N5O2. The molecular weight excluding hydrogens is 366 g/mol. The van der Waals surface area contributed by atoms with Crippen LogP contribution in [-0.2, 0) is 6.54 Å². The lowest BCUT2D eigenvalue weighted by molar-refractivity contribution is 0.189. The molecule has 7 nitrogen and oxygen atoms in total. The second-order valence-electron chi connectivity index (χ2n) is 7.38. The fourth-order valence-corrected chi connectivity index (χ4v) is 3.77. The molecule has 1 aliphatic rings. The number of aromatic nitrogens is 2. The van der Waals surface area contributed by atoms with Crippen LogP contribution in [0.15, 0.2) is 41.9 Å². The van der Waals surface area contributed by atoms with Crippen LogP contribution >= 0.6 is 0 Å². The maximum atomic E-state index is 5.61. The van der Waals surface area contributed by atoms with Gasteiger partial charge in [-0.2, -0.15) is 0 Å². The molecule has 2 heterocycles. The standard InChI is InChI=1S/C22H33N5O2/c1-5-24-22(25-14-18-7-8-20(29-6-2)21(13-18)28-4)26-11-9-17(3)19(15-26)27-12-10-23-16-27/h7-8,10,12-13,16-17,19H,5-6,9,11,14-15H2,1-4H3,(H,24,25). The summed E-state index contributed by atoms with van der Waals surface area (Å²) in [6, 6.07) is 6.41. The summed E-state index contributed by atoms with van der Waals surface area (Å²) in [6.07, 6.45) is 6.95. The number of nitrogens with zero attached hydrogens (tertiary/aromatic N) is 4. The van der Waals surface area contributed by atoms with Gasteiger partial charge in [-0.05, 0) is 43.9 Å². The van der Waals surface area contributed by atoms with Crippen LogP contribution in [0.3, 0.4) is 0 Å². The first-order chi connectivity index (χ1) is 14.2. The van der Waals surface area contributed by atoms with E-state index >= 15 is 0 Å². The van der Waals surface area contributed by atoms with Crippen molar-refractivity contribution in [2.75, 3.05) is 33.4 Å². The van der Waals surface area contributed by atoms with E-state index in [1.54, 1.807) is 7.11 Å². The van der Waals surface area contributed by atoms with Crippen LogP contribution in [0.4, 0.5) is 0 Å². The van der Waals surface area contributed by atoms with Crippen LogP contribution in [0, 0.1) is 5.92 Å². The minimum Gasteiger partial charge on any atom is -0.493 e. The SMILES string of the molecule is CCNC(=NCc1ccc(OCC)c(OC)c1)N1CCC(C)C(n2ccnc2)C1. The number of nitrogens with one attached hydrogen (secondary N) is 1. The molecule has 0 amide bonds. The molecule has 1 N–H and O–H groups in total. The molecule has 1 fully saturated rings. The van der Waals surface area contributed by atoms with Gasteiger partial charge < -0.3 is 24.3 Å². The van der Waals surface area contributed by atoms with Gasteiger partial charge in [0.25, 0.3) is 0 Å². The second kappa shape index (κ2) is 10.2. The molecule has 0 aliphatic carbocycles. The van der Waals surface area contributed by atoms with Crippen molar-refractivity contribution in [3.63, 3.8) is 0 Å². The Balaban J connectivity index is 1.74. The zero-order valence-corrected chi connectivity index (χ0v) is 18.0. The predicted octanol–water partition coefficient (Wildman–Crippen LogP) is 3.34. The molecule has 2 atom stereocenters. The Hall–Kier alpha value is -2.70. The average Bonchev–Trinajstić information content (AvgIpc) is 3.27. The van der Waals surface area contributed by atoms with E-state index in [-0.39, 0.29) is 0 Å². The van der Waals surface area contributed by atoms with Gasteiger partial charge in [0.05, 0.1) is 32.6 Å². The highest BCUT2D eigenvalue weighted by molar-refractivity contribution is 5.80. The van der Waals surface area contributed by atoms with Gasteiger partial charge in [-0.1, -0.05) is 13.0 Å². The maximum Gasteiger partial charge on any atom is 0.194 e. The number of piperidine rings is 1. The fourth-order valence-electron chi connectivity index (χ4n) is 3.77. The number of guanidine groups is 1. The monoisotopic (exact) mass is 399 g/mol.